The number of hydrogen-bond acceptors (Lipinski definition) is 3. The van der Waals surface area contributed by atoms with Gasteiger partial charge in [0.2, 0.25) is 10.0 Å². The van der Waals surface area contributed by atoms with E-state index in [4.69, 9.17) is 11.6 Å². The van der Waals surface area contributed by atoms with E-state index < -0.39 is 15.6 Å². The first-order chi connectivity index (χ1) is 8.32. The predicted molar refractivity (Wildman–Crippen MR) is 70.2 cm³/mol. The molecule has 2 rings (SSSR count). The highest BCUT2D eigenvalue weighted by atomic mass is 35.5. The van der Waals surface area contributed by atoms with Gasteiger partial charge in [-0.25, -0.2) is 13.1 Å². The topological polar surface area (TPSA) is 66.4 Å². The maximum atomic E-state index is 12.0. The third-order valence-electron chi connectivity index (χ3n) is 3.33. The highest BCUT2D eigenvalue weighted by Crippen LogP contribution is 2.31. The molecule has 1 aliphatic rings. The zero-order valence-electron chi connectivity index (χ0n) is 10.1. The number of nitrogens with one attached hydrogen (secondary N) is 1. The molecule has 4 nitrogen and oxygen atoms in total. The van der Waals surface area contributed by atoms with Crippen molar-refractivity contribution in [2.45, 2.75) is 36.7 Å². The maximum Gasteiger partial charge on any atom is 0.240 e. The Labute approximate surface area is 112 Å². The van der Waals surface area contributed by atoms with E-state index in [1.54, 1.807) is 6.07 Å². The molecule has 0 spiro atoms. The molecular formula is C12H16ClNO3S. The van der Waals surface area contributed by atoms with Crippen molar-refractivity contribution in [2.24, 2.45) is 0 Å². The molecule has 0 unspecified atom stereocenters. The summed E-state index contributed by atoms with van der Waals surface area (Å²) in [5.74, 6) is 0. The standard InChI is InChI=1S/C12H16ClNO3S/c1-9-3-4-10(7-11(9)13)18(16,17)14-8-12(15)5-2-6-12/h3-4,7,14-15H,2,5-6,8H2,1H3. The number of aliphatic hydroxyl groups is 1. The van der Waals surface area contributed by atoms with Gasteiger partial charge in [-0.05, 0) is 43.9 Å². The van der Waals surface area contributed by atoms with E-state index in [9.17, 15) is 13.5 Å². The lowest BCUT2D eigenvalue weighted by molar-refractivity contribution is -0.0270. The first-order valence-corrected chi connectivity index (χ1v) is 7.67. The number of benzene rings is 1. The Bertz CT molecular complexity index is 552. The average molecular weight is 290 g/mol. The Morgan fingerprint density at radius 1 is 1.44 bits per heavy atom. The average Bonchev–Trinajstić information content (AvgIpc) is 2.27. The number of aryl methyl sites for hydroxylation is 1. The van der Waals surface area contributed by atoms with Gasteiger partial charge in [-0.3, -0.25) is 0 Å². The molecule has 0 aromatic heterocycles. The van der Waals surface area contributed by atoms with Crippen LogP contribution >= 0.6 is 11.6 Å². The molecule has 1 aromatic carbocycles. The van der Waals surface area contributed by atoms with Crippen LogP contribution in [0.15, 0.2) is 23.1 Å². The van der Waals surface area contributed by atoms with Crippen LogP contribution in [0.2, 0.25) is 5.02 Å². The maximum absolute atomic E-state index is 12.0. The van der Waals surface area contributed by atoms with Crippen molar-refractivity contribution in [3.05, 3.63) is 28.8 Å². The third kappa shape index (κ3) is 2.85. The quantitative estimate of drug-likeness (QED) is 0.889. The number of halogens is 1. The molecule has 6 heteroatoms. The van der Waals surface area contributed by atoms with Crippen LogP contribution in [0.25, 0.3) is 0 Å². The normalized spacial score (nSPS) is 18.4. The van der Waals surface area contributed by atoms with Crippen molar-refractivity contribution in [2.75, 3.05) is 6.54 Å². The summed E-state index contributed by atoms with van der Waals surface area (Å²) in [6.45, 7) is 1.87. The van der Waals surface area contributed by atoms with Gasteiger partial charge >= 0.3 is 0 Å². The molecular weight excluding hydrogens is 274 g/mol. The summed E-state index contributed by atoms with van der Waals surface area (Å²) >= 11 is 5.91. The Balaban J connectivity index is 2.12. The largest absolute Gasteiger partial charge is 0.389 e. The molecule has 100 valence electrons. The van der Waals surface area contributed by atoms with Gasteiger partial charge in [0.25, 0.3) is 0 Å². The van der Waals surface area contributed by atoms with E-state index in [-0.39, 0.29) is 11.4 Å². The Morgan fingerprint density at radius 2 is 2.11 bits per heavy atom. The van der Waals surface area contributed by atoms with Crippen molar-refractivity contribution < 1.29 is 13.5 Å². The van der Waals surface area contributed by atoms with Crippen LogP contribution in [0.5, 0.6) is 0 Å². The summed E-state index contributed by atoms with van der Waals surface area (Å²) in [6.07, 6.45) is 2.23. The lowest BCUT2D eigenvalue weighted by Gasteiger charge is -2.36. The molecule has 0 heterocycles. The van der Waals surface area contributed by atoms with E-state index in [1.807, 2.05) is 6.92 Å². The van der Waals surface area contributed by atoms with Crippen molar-refractivity contribution in [3.63, 3.8) is 0 Å². The van der Waals surface area contributed by atoms with Gasteiger partial charge in [-0.2, -0.15) is 0 Å². The first kappa shape index (κ1) is 13.8. The fourth-order valence-corrected chi connectivity index (χ4v) is 3.21. The predicted octanol–water partition coefficient (Wildman–Crippen LogP) is 1.84. The van der Waals surface area contributed by atoms with Gasteiger partial charge in [-0.15, -0.1) is 0 Å². The smallest absolute Gasteiger partial charge is 0.240 e. The van der Waals surface area contributed by atoms with E-state index in [0.29, 0.717) is 17.9 Å². The summed E-state index contributed by atoms with van der Waals surface area (Å²) in [5.41, 5.74) is -0.0464. The SMILES string of the molecule is Cc1ccc(S(=O)(=O)NCC2(O)CCC2)cc1Cl. The van der Waals surface area contributed by atoms with Gasteiger partial charge < -0.3 is 5.11 Å². The van der Waals surface area contributed by atoms with Gasteiger partial charge in [0.05, 0.1) is 10.5 Å². The minimum atomic E-state index is -3.60. The molecule has 0 radical (unpaired) electrons. The summed E-state index contributed by atoms with van der Waals surface area (Å²) in [4.78, 5) is 0.126. The van der Waals surface area contributed by atoms with Gasteiger partial charge in [-0.1, -0.05) is 17.7 Å². The fourth-order valence-electron chi connectivity index (χ4n) is 1.82. The molecule has 1 aromatic rings. The first-order valence-electron chi connectivity index (χ1n) is 5.81. The van der Waals surface area contributed by atoms with Crippen LogP contribution in [0.1, 0.15) is 24.8 Å². The molecule has 1 aliphatic carbocycles. The van der Waals surface area contributed by atoms with Crippen molar-refractivity contribution in [3.8, 4) is 0 Å². The number of hydrogen-bond donors (Lipinski definition) is 2. The number of rotatable bonds is 4. The fraction of sp³-hybridized carbons (Fsp3) is 0.500. The minimum Gasteiger partial charge on any atom is -0.389 e. The van der Waals surface area contributed by atoms with Crippen molar-refractivity contribution in [1.29, 1.82) is 0 Å². The molecule has 0 amide bonds. The van der Waals surface area contributed by atoms with Gasteiger partial charge in [0.1, 0.15) is 0 Å². The van der Waals surface area contributed by atoms with E-state index in [2.05, 4.69) is 4.72 Å². The lowest BCUT2D eigenvalue weighted by atomic mass is 9.81. The van der Waals surface area contributed by atoms with Crippen LogP contribution in [0.4, 0.5) is 0 Å². The second-order valence-electron chi connectivity index (χ2n) is 4.81. The zero-order valence-corrected chi connectivity index (χ0v) is 11.7. The van der Waals surface area contributed by atoms with Crippen LogP contribution in [0.3, 0.4) is 0 Å². The molecule has 1 fully saturated rings. The molecule has 2 N–H and O–H groups in total. The van der Waals surface area contributed by atoms with E-state index in [1.165, 1.54) is 12.1 Å². The van der Waals surface area contributed by atoms with Crippen LogP contribution in [-0.4, -0.2) is 25.7 Å². The molecule has 18 heavy (non-hydrogen) atoms. The summed E-state index contributed by atoms with van der Waals surface area (Å²) in [5, 5.41) is 10.3. The molecule has 0 atom stereocenters. The number of sulfonamides is 1. The monoisotopic (exact) mass is 289 g/mol. The van der Waals surface area contributed by atoms with Gasteiger partial charge in [0, 0.05) is 11.6 Å². The second-order valence-corrected chi connectivity index (χ2v) is 6.99. The molecule has 1 saturated carbocycles. The Kier molecular flexibility index (Phi) is 3.69. The van der Waals surface area contributed by atoms with Crippen molar-refractivity contribution >= 4 is 21.6 Å². The van der Waals surface area contributed by atoms with E-state index in [0.717, 1.165) is 12.0 Å². The summed E-state index contributed by atoms with van der Waals surface area (Å²) in [6, 6.07) is 4.59. The Morgan fingerprint density at radius 3 is 2.61 bits per heavy atom. The minimum absolute atomic E-state index is 0.0564. The highest BCUT2D eigenvalue weighted by molar-refractivity contribution is 7.89. The van der Waals surface area contributed by atoms with Crippen LogP contribution in [0, 0.1) is 6.92 Å². The summed E-state index contributed by atoms with van der Waals surface area (Å²) in [7, 11) is -3.60. The third-order valence-corrected chi connectivity index (χ3v) is 5.14. The molecule has 0 aliphatic heterocycles. The second kappa shape index (κ2) is 4.81. The van der Waals surface area contributed by atoms with E-state index >= 15 is 0 Å². The lowest BCUT2D eigenvalue weighted by Crippen LogP contribution is -2.47. The Hall–Kier alpha value is -0.620. The van der Waals surface area contributed by atoms with Crippen molar-refractivity contribution in [1.82, 2.24) is 4.72 Å². The van der Waals surface area contributed by atoms with Crippen LogP contribution in [-0.2, 0) is 10.0 Å². The summed E-state index contributed by atoms with van der Waals surface area (Å²) < 4.78 is 26.4. The highest BCUT2D eigenvalue weighted by Gasteiger charge is 2.35. The van der Waals surface area contributed by atoms with Crippen LogP contribution < -0.4 is 4.72 Å². The molecule has 0 saturated heterocycles. The zero-order chi connectivity index (χ0) is 13.4. The van der Waals surface area contributed by atoms with Gasteiger partial charge in [0.15, 0.2) is 0 Å². The molecule has 0 bridgehead atoms.